The van der Waals surface area contributed by atoms with Gasteiger partial charge in [-0.2, -0.15) is 5.10 Å². The van der Waals surface area contributed by atoms with Gasteiger partial charge in [0.2, 0.25) is 0 Å². The van der Waals surface area contributed by atoms with Crippen LogP contribution in [0.4, 0.5) is 0 Å². The highest BCUT2D eigenvalue weighted by molar-refractivity contribution is 9.10. The Labute approximate surface area is 126 Å². The number of aryl methyl sites for hydroxylation is 2. The summed E-state index contributed by atoms with van der Waals surface area (Å²) in [5, 5.41) is 4.41. The van der Waals surface area contributed by atoms with Crippen molar-refractivity contribution in [2.45, 2.75) is 24.3 Å². The van der Waals surface area contributed by atoms with E-state index in [4.69, 9.17) is 5.73 Å². The van der Waals surface area contributed by atoms with Crippen LogP contribution in [0, 0.1) is 6.92 Å². The first-order valence-corrected chi connectivity index (χ1v) is 8.12. The minimum Gasteiger partial charge on any atom is -0.324 e. The minimum absolute atomic E-state index is 0.0188. The predicted molar refractivity (Wildman–Crippen MR) is 84.5 cm³/mol. The van der Waals surface area contributed by atoms with Crippen molar-refractivity contribution in [1.29, 1.82) is 0 Å². The highest BCUT2D eigenvalue weighted by Crippen LogP contribution is 2.29. The second-order valence-corrected chi connectivity index (χ2v) is 6.16. The van der Waals surface area contributed by atoms with E-state index in [9.17, 15) is 0 Å². The molecule has 0 bridgehead atoms. The van der Waals surface area contributed by atoms with E-state index < -0.39 is 0 Å². The van der Waals surface area contributed by atoms with E-state index in [1.807, 2.05) is 30.8 Å². The number of hydrogen-bond donors (Lipinski definition) is 1. The molecule has 0 fully saturated rings. The molecule has 2 N–H and O–H groups in total. The summed E-state index contributed by atoms with van der Waals surface area (Å²) in [7, 11) is 1.96. The van der Waals surface area contributed by atoms with Crippen LogP contribution in [0.3, 0.4) is 0 Å². The van der Waals surface area contributed by atoms with E-state index in [0.29, 0.717) is 0 Å². The van der Waals surface area contributed by atoms with E-state index in [2.05, 4.69) is 39.4 Å². The van der Waals surface area contributed by atoms with Crippen LogP contribution in [-0.4, -0.2) is 16.0 Å². The maximum atomic E-state index is 6.38. The Hall–Kier alpha value is -0.780. The minimum atomic E-state index is -0.0188. The monoisotopic (exact) mass is 339 g/mol. The van der Waals surface area contributed by atoms with E-state index in [1.54, 1.807) is 11.8 Å². The molecule has 0 saturated carbocycles. The molecule has 0 amide bonds. The van der Waals surface area contributed by atoms with Crippen LogP contribution in [0.2, 0.25) is 0 Å². The summed E-state index contributed by atoms with van der Waals surface area (Å²) in [6.45, 7) is 1.99. The van der Waals surface area contributed by atoms with Gasteiger partial charge in [0.25, 0.3) is 0 Å². The van der Waals surface area contributed by atoms with Gasteiger partial charge in [0.1, 0.15) is 0 Å². The molecule has 0 aliphatic heterocycles. The molecular formula is C14H18BrN3S. The molecule has 102 valence electrons. The first-order valence-electron chi connectivity index (χ1n) is 6.11. The molecule has 1 aromatic carbocycles. The molecule has 0 saturated heterocycles. The third-order valence-electron chi connectivity index (χ3n) is 3.21. The zero-order valence-corrected chi connectivity index (χ0v) is 13.8. The van der Waals surface area contributed by atoms with Gasteiger partial charge in [0, 0.05) is 24.4 Å². The maximum Gasteiger partial charge on any atom is 0.0738 e. The zero-order chi connectivity index (χ0) is 14.0. The van der Waals surface area contributed by atoms with E-state index in [0.717, 1.165) is 22.3 Å². The highest BCUT2D eigenvalue weighted by atomic mass is 79.9. The second-order valence-electron chi connectivity index (χ2n) is 4.52. The van der Waals surface area contributed by atoms with Crippen molar-refractivity contribution in [2.75, 3.05) is 6.26 Å². The number of benzene rings is 1. The van der Waals surface area contributed by atoms with Gasteiger partial charge in [-0.3, -0.25) is 4.68 Å². The molecule has 2 aromatic rings. The van der Waals surface area contributed by atoms with E-state index in [-0.39, 0.29) is 6.04 Å². The molecule has 3 nitrogen and oxygen atoms in total. The summed E-state index contributed by atoms with van der Waals surface area (Å²) in [6.07, 6.45) is 2.85. The molecule has 0 spiro atoms. The quantitative estimate of drug-likeness (QED) is 0.867. The Morgan fingerprint density at radius 3 is 2.68 bits per heavy atom. The first kappa shape index (κ1) is 14.6. The molecule has 0 aliphatic rings. The Bertz CT molecular complexity index is 580. The normalized spacial score (nSPS) is 12.7. The van der Waals surface area contributed by atoms with E-state index >= 15 is 0 Å². The number of halogens is 1. The van der Waals surface area contributed by atoms with E-state index in [1.165, 1.54) is 10.5 Å². The van der Waals surface area contributed by atoms with Crippen molar-refractivity contribution in [3.8, 4) is 0 Å². The number of hydrogen-bond acceptors (Lipinski definition) is 3. The topological polar surface area (TPSA) is 43.8 Å². The standard InChI is InChI=1S/C14H18BrN3S/c1-9-14(15)12(18(2)17-9)8-11(16)10-6-4-5-7-13(10)19-3/h4-7,11H,8,16H2,1-3H3. The summed E-state index contributed by atoms with van der Waals surface area (Å²) in [6, 6.07) is 8.29. The summed E-state index contributed by atoms with van der Waals surface area (Å²) >= 11 is 5.33. The molecule has 5 heteroatoms. The van der Waals surface area contributed by atoms with Gasteiger partial charge in [-0.15, -0.1) is 11.8 Å². The Kier molecular flexibility index (Phi) is 4.71. The fourth-order valence-electron chi connectivity index (χ4n) is 2.19. The lowest BCUT2D eigenvalue weighted by atomic mass is 10.0. The molecule has 1 unspecified atom stereocenters. The number of nitrogens with zero attached hydrogens (tertiary/aromatic N) is 2. The number of thioether (sulfide) groups is 1. The van der Waals surface area contributed by atoms with Gasteiger partial charge < -0.3 is 5.73 Å². The molecule has 0 radical (unpaired) electrons. The van der Waals surface area contributed by atoms with Crippen molar-refractivity contribution in [3.63, 3.8) is 0 Å². The largest absolute Gasteiger partial charge is 0.324 e. The van der Waals surface area contributed by atoms with Crippen molar-refractivity contribution in [3.05, 3.63) is 45.7 Å². The van der Waals surface area contributed by atoms with Gasteiger partial charge in [0.15, 0.2) is 0 Å². The van der Waals surface area contributed by atoms with Crippen molar-refractivity contribution in [1.82, 2.24) is 9.78 Å². The van der Waals surface area contributed by atoms with Crippen LogP contribution in [-0.2, 0) is 13.5 Å². The molecule has 19 heavy (non-hydrogen) atoms. The van der Waals surface area contributed by atoms with Crippen LogP contribution in [0.25, 0.3) is 0 Å². The smallest absolute Gasteiger partial charge is 0.0738 e. The summed E-state index contributed by atoms with van der Waals surface area (Å²) < 4.78 is 2.97. The van der Waals surface area contributed by atoms with Gasteiger partial charge in [-0.1, -0.05) is 18.2 Å². The lowest BCUT2D eigenvalue weighted by Gasteiger charge is -2.15. The molecule has 1 atom stereocenters. The molecular weight excluding hydrogens is 322 g/mol. The van der Waals surface area contributed by atoms with Crippen molar-refractivity contribution in [2.24, 2.45) is 12.8 Å². The molecule has 1 heterocycles. The third kappa shape index (κ3) is 3.04. The average Bonchev–Trinajstić information content (AvgIpc) is 2.65. The fourth-order valence-corrected chi connectivity index (χ4v) is 3.36. The third-order valence-corrected chi connectivity index (χ3v) is 5.06. The first-order chi connectivity index (χ1) is 9.04. The summed E-state index contributed by atoms with van der Waals surface area (Å²) in [5.41, 5.74) is 9.71. The predicted octanol–water partition coefficient (Wildman–Crippen LogP) is 3.46. The Morgan fingerprint density at radius 2 is 2.11 bits per heavy atom. The van der Waals surface area contributed by atoms with Crippen LogP contribution < -0.4 is 5.73 Å². The second kappa shape index (κ2) is 6.11. The SMILES string of the molecule is CSc1ccccc1C(N)Cc1c(Br)c(C)nn1C. The van der Waals surface area contributed by atoms with Crippen molar-refractivity contribution >= 4 is 27.7 Å². The number of nitrogens with two attached hydrogens (primary N) is 1. The summed E-state index contributed by atoms with van der Waals surface area (Å²) in [4.78, 5) is 1.24. The van der Waals surface area contributed by atoms with Crippen molar-refractivity contribution < 1.29 is 0 Å². The lowest BCUT2D eigenvalue weighted by molar-refractivity contribution is 0.632. The van der Waals surface area contributed by atoms with Gasteiger partial charge in [-0.25, -0.2) is 0 Å². The highest BCUT2D eigenvalue weighted by Gasteiger charge is 2.17. The average molecular weight is 340 g/mol. The van der Waals surface area contributed by atoms with Gasteiger partial charge >= 0.3 is 0 Å². The van der Waals surface area contributed by atoms with Crippen LogP contribution in [0.1, 0.15) is 23.0 Å². The van der Waals surface area contributed by atoms with Gasteiger partial charge in [-0.05, 0) is 40.7 Å². The van der Waals surface area contributed by atoms with Crippen LogP contribution >= 0.6 is 27.7 Å². The molecule has 1 aromatic heterocycles. The maximum absolute atomic E-state index is 6.38. The molecule has 2 rings (SSSR count). The fraction of sp³-hybridized carbons (Fsp3) is 0.357. The zero-order valence-electron chi connectivity index (χ0n) is 11.4. The Balaban J connectivity index is 2.28. The van der Waals surface area contributed by atoms with Gasteiger partial charge in [0.05, 0.1) is 15.9 Å². The lowest BCUT2D eigenvalue weighted by Crippen LogP contribution is -2.16. The number of rotatable bonds is 4. The van der Waals surface area contributed by atoms with Crippen LogP contribution in [0.5, 0.6) is 0 Å². The van der Waals surface area contributed by atoms with Crippen LogP contribution in [0.15, 0.2) is 33.6 Å². The Morgan fingerprint density at radius 1 is 1.42 bits per heavy atom. The molecule has 0 aliphatic carbocycles. The number of aromatic nitrogens is 2. The summed E-state index contributed by atoms with van der Waals surface area (Å²) in [5.74, 6) is 0.